The summed E-state index contributed by atoms with van der Waals surface area (Å²) in [6.45, 7) is 6.12. The number of aryl methyl sites for hydroxylation is 1. The standard InChI is InChI=1S/C24H25N5O2S2/c1-14(2)29-22-19(13-25-29)18(12-20(27-22)21-11-6-15(3)32-21)23(30)26-16-7-9-17(10-8-16)33-24(31)28(4)5/h6-14H,1-5H3,(H,26,30). The Morgan fingerprint density at radius 2 is 1.85 bits per heavy atom. The molecule has 1 aromatic carbocycles. The van der Waals surface area contributed by atoms with Crippen LogP contribution in [-0.2, 0) is 0 Å². The van der Waals surface area contributed by atoms with Crippen molar-refractivity contribution in [3.8, 4) is 10.6 Å². The SMILES string of the molecule is Cc1ccc(-c2cc(C(=O)Nc3ccc(SC(=O)N(C)C)cc3)c3cnn(C(C)C)c3n2)s1. The molecule has 4 rings (SSSR count). The molecule has 0 bridgehead atoms. The van der Waals surface area contributed by atoms with Gasteiger partial charge in [-0.1, -0.05) is 0 Å². The first-order chi connectivity index (χ1) is 15.7. The van der Waals surface area contributed by atoms with Crippen LogP contribution in [0.3, 0.4) is 0 Å². The number of aromatic nitrogens is 3. The Morgan fingerprint density at radius 3 is 2.45 bits per heavy atom. The molecule has 0 spiro atoms. The third-order valence-electron chi connectivity index (χ3n) is 4.98. The Hall–Kier alpha value is -3.17. The molecule has 0 radical (unpaired) electrons. The lowest BCUT2D eigenvalue weighted by Gasteiger charge is -2.11. The highest BCUT2D eigenvalue weighted by Crippen LogP contribution is 2.31. The maximum Gasteiger partial charge on any atom is 0.285 e. The molecule has 0 atom stereocenters. The van der Waals surface area contributed by atoms with Gasteiger partial charge in [0.2, 0.25) is 0 Å². The topological polar surface area (TPSA) is 80.1 Å². The van der Waals surface area contributed by atoms with Gasteiger partial charge >= 0.3 is 0 Å². The second-order valence-corrected chi connectivity index (χ2v) is 10.4. The molecule has 170 valence electrons. The number of hydrogen-bond acceptors (Lipinski definition) is 6. The van der Waals surface area contributed by atoms with Crippen LogP contribution in [0.15, 0.2) is 53.6 Å². The number of nitrogens with one attached hydrogen (secondary N) is 1. The lowest BCUT2D eigenvalue weighted by molar-refractivity contribution is 0.102. The Morgan fingerprint density at radius 1 is 1.12 bits per heavy atom. The molecule has 0 saturated heterocycles. The Labute approximate surface area is 200 Å². The van der Waals surface area contributed by atoms with Crippen LogP contribution in [0, 0.1) is 6.92 Å². The van der Waals surface area contributed by atoms with Gasteiger partial charge < -0.3 is 10.2 Å². The number of rotatable bonds is 5. The number of anilines is 1. The summed E-state index contributed by atoms with van der Waals surface area (Å²) in [7, 11) is 3.43. The largest absolute Gasteiger partial charge is 0.339 e. The highest BCUT2D eigenvalue weighted by Gasteiger charge is 2.19. The fourth-order valence-corrected chi connectivity index (χ4v) is 4.76. The molecule has 9 heteroatoms. The lowest BCUT2D eigenvalue weighted by Crippen LogP contribution is -2.16. The normalized spacial score (nSPS) is 11.2. The summed E-state index contributed by atoms with van der Waals surface area (Å²) in [5.41, 5.74) is 2.61. The Bertz CT molecular complexity index is 1320. The Balaban J connectivity index is 1.67. The van der Waals surface area contributed by atoms with Gasteiger partial charge in [0.15, 0.2) is 5.65 Å². The van der Waals surface area contributed by atoms with E-state index >= 15 is 0 Å². The molecule has 2 amide bonds. The highest BCUT2D eigenvalue weighted by atomic mass is 32.2. The molecule has 0 aliphatic rings. The average Bonchev–Trinajstić information content (AvgIpc) is 3.40. The van der Waals surface area contributed by atoms with E-state index in [4.69, 9.17) is 4.98 Å². The smallest absolute Gasteiger partial charge is 0.285 e. The zero-order valence-electron chi connectivity index (χ0n) is 19.1. The predicted octanol–water partition coefficient (Wildman–Crippen LogP) is 6.08. The zero-order valence-corrected chi connectivity index (χ0v) is 20.8. The Kier molecular flexibility index (Phi) is 6.53. The van der Waals surface area contributed by atoms with E-state index in [9.17, 15) is 9.59 Å². The monoisotopic (exact) mass is 479 g/mol. The van der Waals surface area contributed by atoms with Crippen molar-refractivity contribution in [2.45, 2.75) is 31.7 Å². The first kappa shape index (κ1) is 23.0. The van der Waals surface area contributed by atoms with Crippen LogP contribution in [0.25, 0.3) is 21.6 Å². The van der Waals surface area contributed by atoms with E-state index in [-0.39, 0.29) is 17.2 Å². The number of fused-ring (bicyclic) bond motifs is 1. The summed E-state index contributed by atoms with van der Waals surface area (Å²) in [5.74, 6) is -0.231. The van der Waals surface area contributed by atoms with Crippen LogP contribution >= 0.6 is 23.1 Å². The van der Waals surface area contributed by atoms with Gasteiger partial charge in [-0.2, -0.15) is 5.10 Å². The van der Waals surface area contributed by atoms with Crippen LogP contribution in [0.2, 0.25) is 0 Å². The fraction of sp³-hybridized carbons (Fsp3) is 0.250. The zero-order chi connectivity index (χ0) is 23.7. The van der Waals surface area contributed by atoms with Crippen LogP contribution in [0.4, 0.5) is 10.5 Å². The molecule has 33 heavy (non-hydrogen) atoms. The maximum atomic E-state index is 13.3. The average molecular weight is 480 g/mol. The van der Waals surface area contributed by atoms with Gasteiger partial charge in [-0.05, 0) is 75.0 Å². The van der Waals surface area contributed by atoms with Crippen molar-refractivity contribution in [2.75, 3.05) is 19.4 Å². The number of hydrogen-bond donors (Lipinski definition) is 1. The van der Waals surface area contributed by atoms with Crippen LogP contribution in [0.1, 0.15) is 35.1 Å². The molecule has 0 fully saturated rings. The van der Waals surface area contributed by atoms with Crippen molar-refractivity contribution in [3.05, 3.63) is 59.1 Å². The maximum absolute atomic E-state index is 13.3. The van der Waals surface area contributed by atoms with Gasteiger partial charge in [0, 0.05) is 35.6 Å². The summed E-state index contributed by atoms with van der Waals surface area (Å²) in [5, 5.41) is 8.11. The summed E-state index contributed by atoms with van der Waals surface area (Å²) >= 11 is 2.78. The minimum atomic E-state index is -0.231. The van der Waals surface area contributed by atoms with Crippen molar-refractivity contribution in [2.24, 2.45) is 0 Å². The van der Waals surface area contributed by atoms with E-state index in [1.54, 1.807) is 43.8 Å². The van der Waals surface area contributed by atoms with Gasteiger partial charge in [0.25, 0.3) is 11.1 Å². The number of pyridine rings is 1. The van der Waals surface area contributed by atoms with Gasteiger partial charge in [-0.15, -0.1) is 11.3 Å². The third kappa shape index (κ3) is 4.94. The molecule has 0 unspecified atom stereocenters. The number of benzene rings is 1. The predicted molar refractivity (Wildman–Crippen MR) is 135 cm³/mol. The fourth-order valence-electron chi connectivity index (χ4n) is 3.28. The minimum Gasteiger partial charge on any atom is -0.339 e. The molecule has 3 aromatic heterocycles. The van der Waals surface area contributed by atoms with Gasteiger partial charge in [-0.3, -0.25) is 9.59 Å². The van der Waals surface area contributed by atoms with Gasteiger partial charge in [0.1, 0.15) is 0 Å². The van der Waals surface area contributed by atoms with Crippen molar-refractivity contribution in [1.82, 2.24) is 19.7 Å². The molecule has 0 saturated carbocycles. The number of thioether (sulfide) groups is 1. The number of carbonyl (C=O) groups excluding carboxylic acids is 2. The molecule has 0 aliphatic heterocycles. The number of thiophene rings is 1. The van der Waals surface area contributed by atoms with Gasteiger partial charge in [-0.25, -0.2) is 9.67 Å². The van der Waals surface area contributed by atoms with E-state index in [1.807, 2.05) is 55.8 Å². The molecular weight excluding hydrogens is 454 g/mol. The molecular formula is C24H25N5O2S2. The third-order valence-corrected chi connectivity index (χ3v) is 7.05. The lowest BCUT2D eigenvalue weighted by atomic mass is 10.1. The van der Waals surface area contributed by atoms with Crippen molar-refractivity contribution >= 4 is 51.0 Å². The first-order valence-corrected chi connectivity index (χ1v) is 12.1. The van der Waals surface area contributed by atoms with Crippen LogP contribution in [0.5, 0.6) is 0 Å². The quantitative estimate of drug-likeness (QED) is 0.351. The van der Waals surface area contributed by atoms with Gasteiger partial charge in [0.05, 0.1) is 27.7 Å². The van der Waals surface area contributed by atoms with Crippen LogP contribution < -0.4 is 5.32 Å². The van der Waals surface area contributed by atoms with E-state index in [0.29, 0.717) is 22.3 Å². The molecule has 7 nitrogen and oxygen atoms in total. The number of carbonyl (C=O) groups is 2. The summed E-state index contributed by atoms with van der Waals surface area (Å²) in [6.07, 6.45) is 1.70. The second-order valence-electron chi connectivity index (χ2n) is 8.13. The molecule has 1 N–H and O–H groups in total. The highest BCUT2D eigenvalue weighted by molar-refractivity contribution is 8.13. The van der Waals surface area contributed by atoms with E-state index in [1.165, 1.54) is 9.78 Å². The van der Waals surface area contributed by atoms with E-state index < -0.39 is 0 Å². The van der Waals surface area contributed by atoms with E-state index in [0.717, 1.165) is 27.2 Å². The van der Waals surface area contributed by atoms with Crippen molar-refractivity contribution < 1.29 is 9.59 Å². The molecule has 0 aliphatic carbocycles. The number of amides is 2. The number of nitrogens with zero attached hydrogens (tertiary/aromatic N) is 4. The summed E-state index contributed by atoms with van der Waals surface area (Å²) in [4.78, 5) is 34.6. The van der Waals surface area contributed by atoms with E-state index in [2.05, 4.69) is 10.4 Å². The summed E-state index contributed by atoms with van der Waals surface area (Å²) in [6, 6.07) is 13.2. The molecule has 3 heterocycles. The van der Waals surface area contributed by atoms with Crippen molar-refractivity contribution in [3.63, 3.8) is 0 Å². The second kappa shape index (κ2) is 9.36. The molecule has 4 aromatic rings. The minimum absolute atomic E-state index is 0.0514. The summed E-state index contributed by atoms with van der Waals surface area (Å²) < 4.78 is 1.84. The first-order valence-electron chi connectivity index (χ1n) is 10.5. The van der Waals surface area contributed by atoms with Crippen LogP contribution in [-0.4, -0.2) is 44.9 Å². The van der Waals surface area contributed by atoms with Crippen molar-refractivity contribution in [1.29, 1.82) is 0 Å².